The van der Waals surface area contributed by atoms with Crippen molar-refractivity contribution >= 4 is 11.9 Å². The number of carboxylic acid groups (broad SMARTS) is 2. The highest BCUT2D eigenvalue weighted by Gasteiger charge is 2.04. The van der Waals surface area contributed by atoms with Crippen LogP contribution in [0, 0.1) is 0 Å². The summed E-state index contributed by atoms with van der Waals surface area (Å²) in [5.41, 5.74) is 0. The fraction of sp³-hybridized carbons (Fsp3) is 0.889. The number of aliphatic carboxylic acids is 2. The Morgan fingerprint density at radius 3 is 1.22 bits per heavy atom. The first-order valence-corrected chi connectivity index (χ1v) is 9.14. The quantitative estimate of drug-likeness (QED) is 0.344. The molecule has 0 bridgehead atoms. The molecule has 0 spiro atoms. The van der Waals surface area contributed by atoms with Crippen LogP contribution in [0.15, 0.2) is 0 Å². The van der Waals surface area contributed by atoms with Gasteiger partial charge in [0.25, 0.3) is 0 Å². The van der Waals surface area contributed by atoms with Crippen molar-refractivity contribution in [3.63, 3.8) is 0 Å². The molecule has 0 aliphatic carbocycles. The zero-order valence-corrected chi connectivity index (χ0v) is 14.3. The van der Waals surface area contributed by atoms with Gasteiger partial charge in [0.15, 0.2) is 0 Å². The van der Waals surface area contributed by atoms with Gasteiger partial charge in [0.2, 0.25) is 0 Å². The second kappa shape index (κ2) is 15.8. The highest BCUT2D eigenvalue weighted by atomic mass is 16.4. The van der Waals surface area contributed by atoms with Crippen LogP contribution in [-0.2, 0) is 9.59 Å². The molecule has 0 radical (unpaired) electrons. The van der Waals surface area contributed by atoms with Gasteiger partial charge >= 0.3 is 11.9 Å². The summed E-state index contributed by atoms with van der Waals surface area (Å²) in [6.07, 6.45) is 13.0. The highest BCUT2D eigenvalue weighted by Crippen LogP contribution is 2.14. The first-order chi connectivity index (χ1) is 11.0. The molecule has 0 aliphatic heterocycles. The van der Waals surface area contributed by atoms with E-state index in [0.29, 0.717) is 0 Å². The maximum Gasteiger partial charge on any atom is 0.303 e. The average Bonchev–Trinajstić information content (AvgIpc) is 2.48. The van der Waals surface area contributed by atoms with E-state index in [0.717, 1.165) is 83.5 Å². The molecule has 0 rings (SSSR count). The maximum atomic E-state index is 10.3. The minimum Gasteiger partial charge on any atom is -0.481 e. The summed E-state index contributed by atoms with van der Waals surface area (Å²) in [5, 5.41) is 26.9. The smallest absolute Gasteiger partial charge is 0.303 e. The van der Waals surface area contributed by atoms with Crippen LogP contribution in [0.3, 0.4) is 0 Å². The predicted molar refractivity (Wildman–Crippen MR) is 90.5 cm³/mol. The van der Waals surface area contributed by atoms with Crippen LogP contribution in [-0.4, -0.2) is 33.4 Å². The third-order valence-electron chi connectivity index (χ3n) is 4.11. The molecule has 136 valence electrons. The molecule has 0 fully saturated rings. The van der Waals surface area contributed by atoms with E-state index >= 15 is 0 Å². The van der Waals surface area contributed by atoms with Crippen molar-refractivity contribution in [1.82, 2.24) is 0 Å². The van der Waals surface area contributed by atoms with Gasteiger partial charge in [0.1, 0.15) is 0 Å². The van der Waals surface area contributed by atoms with E-state index < -0.39 is 11.9 Å². The van der Waals surface area contributed by atoms with Crippen LogP contribution in [0.25, 0.3) is 0 Å². The fourth-order valence-electron chi connectivity index (χ4n) is 2.69. The normalized spacial score (nSPS) is 12.2. The minimum atomic E-state index is -0.730. The molecule has 5 nitrogen and oxygen atoms in total. The molecule has 0 aromatic rings. The number of aliphatic hydroxyl groups excluding tert-OH is 1. The van der Waals surface area contributed by atoms with Gasteiger partial charge < -0.3 is 15.3 Å². The van der Waals surface area contributed by atoms with Crippen LogP contribution in [0.5, 0.6) is 0 Å². The van der Waals surface area contributed by atoms with Crippen molar-refractivity contribution < 1.29 is 24.9 Å². The molecule has 23 heavy (non-hydrogen) atoms. The Kier molecular flexibility index (Phi) is 15.0. The van der Waals surface area contributed by atoms with Gasteiger partial charge in [0, 0.05) is 12.8 Å². The summed E-state index contributed by atoms with van der Waals surface area (Å²) >= 11 is 0. The van der Waals surface area contributed by atoms with Gasteiger partial charge in [0.05, 0.1) is 6.10 Å². The monoisotopic (exact) mass is 330 g/mol. The summed E-state index contributed by atoms with van der Waals surface area (Å²) in [7, 11) is 0. The Balaban J connectivity index is 3.19. The number of aliphatic hydroxyl groups is 1. The van der Waals surface area contributed by atoms with E-state index in [1.807, 2.05) is 0 Å². The van der Waals surface area contributed by atoms with Crippen LogP contribution < -0.4 is 0 Å². The van der Waals surface area contributed by atoms with E-state index in [1.165, 1.54) is 0 Å². The predicted octanol–water partition coefficient (Wildman–Crippen LogP) is 4.37. The lowest BCUT2D eigenvalue weighted by Crippen LogP contribution is -2.06. The molecular formula is C18H34O5. The lowest BCUT2D eigenvalue weighted by Gasteiger charge is -2.10. The average molecular weight is 330 g/mol. The molecule has 0 aromatic heterocycles. The van der Waals surface area contributed by atoms with Crippen molar-refractivity contribution in [2.24, 2.45) is 0 Å². The van der Waals surface area contributed by atoms with Crippen molar-refractivity contribution in [1.29, 1.82) is 0 Å². The number of carbonyl (C=O) groups is 2. The van der Waals surface area contributed by atoms with E-state index in [-0.39, 0.29) is 18.9 Å². The first-order valence-electron chi connectivity index (χ1n) is 9.14. The molecule has 1 atom stereocenters. The molecule has 0 aromatic carbocycles. The largest absolute Gasteiger partial charge is 0.481 e. The molecule has 5 heteroatoms. The maximum absolute atomic E-state index is 10.3. The topological polar surface area (TPSA) is 94.8 Å². The summed E-state index contributed by atoms with van der Waals surface area (Å²) in [6.45, 7) is 0. The van der Waals surface area contributed by atoms with Crippen molar-refractivity contribution in [2.75, 3.05) is 0 Å². The van der Waals surface area contributed by atoms with E-state index in [1.54, 1.807) is 0 Å². The third-order valence-corrected chi connectivity index (χ3v) is 4.11. The summed E-state index contributed by atoms with van der Waals surface area (Å²) in [6, 6.07) is 0. The molecule has 1 unspecified atom stereocenters. The van der Waals surface area contributed by atoms with Gasteiger partial charge in [-0.25, -0.2) is 0 Å². The van der Waals surface area contributed by atoms with Gasteiger partial charge in [-0.3, -0.25) is 9.59 Å². The van der Waals surface area contributed by atoms with Gasteiger partial charge in [-0.15, -0.1) is 0 Å². The van der Waals surface area contributed by atoms with Crippen molar-refractivity contribution in [2.45, 2.75) is 102 Å². The van der Waals surface area contributed by atoms with E-state index in [4.69, 9.17) is 10.2 Å². The second-order valence-electron chi connectivity index (χ2n) is 6.41. The third kappa shape index (κ3) is 18.9. The SMILES string of the molecule is O=C(O)CCCCCCCCCC(O)CCCCCCC(=O)O. The van der Waals surface area contributed by atoms with Gasteiger partial charge in [-0.2, -0.15) is 0 Å². The molecule has 0 heterocycles. The molecule has 0 saturated heterocycles. The lowest BCUT2D eigenvalue weighted by atomic mass is 10.0. The highest BCUT2D eigenvalue weighted by molar-refractivity contribution is 5.66. The van der Waals surface area contributed by atoms with Gasteiger partial charge in [-0.1, -0.05) is 57.8 Å². The zero-order valence-electron chi connectivity index (χ0n) is 14.3. The van der Waals surface area contributed by atoms with E-state index in [9.17, 15) is 14.7 Å². The molecule has 0 aliphatic rings. The molecular weight excluding hydrogens is 296 g/mol. The Labute approximate surface area is 140 Å². The summed E-state index contributed by atoms with van der Waals surface area (Å²) in [5.74, 6) is -1.44. The Hall–Kier alpha value is -1.10. The molecule has 3 N–H and O–H groups in total. The number of unbranched alkanes of at least 4 members (excludes halogenated alkanes) is 9. The van der Waals surface area contributed by atoms with E-state index in [2.05, 4.69) is 0 Å². The summed E-state index contributed by atoms with van der Waals surface area (Å²) < 4.78 is 0. The van der Waals surface area contributed by atoms with Crippen LogP contribution in [0.4, 0.5) is 0 Å². The van der Waals surface area contributed by atoms with Crippen molar-refractivity contribution in [3.05, 3.63) is 0 Å². The van der Waals surface area contributed by atoms with Crippen molar-refractivity contribution in [3.8, 4) is 0 Å². The Morgan fingerprint density at radius 2 is 0.870 bits per heavy atom. The first kappa shape index (κ1) is 21.9. The number of hydrogen-bond donors (Lipinski definition) is 3. The lowest BCUT2D eigenvalue weighted by molar-refractivity contribution is -0.138. The van der Waals surface area contributed by atoms with Gasteiger partial charge in [-0.05, 0) is 25.7 Å². The fourth-order valence-corrected chi connectivity index (χ4v) is 2.69. The molecule has 0 saturated carbocycles. The minimum absolute atomic E-state index is 0.218. The Morgan fingerprint density at radius 1 is 0.565 bits per heavy atom. The zero-order chi connectivity index (χ0) is 17.3. The number of hydrogen-bond acceptors (Lipinski definition) is 3. The number of carboxylic acids is 2. The Bertz CT molecular complexity index is 304. The second-order valence-corrected chi connectivity index (χ2v) is 6.41. The van der Waals surface area contributed by atoms with Crippen LogP contribution >= 0.6 is 0 Å². The van der Waals surface area contributed by atoms with Crippen LogP contribution in [0.1, 0.15) is 96.3 Å². The number of rotatable bonds is 17. The van der Waals surface area contributed by atoms with Crippen LogP contribution in [0.2, 0.25) is 0 Å². The molecule has 0 amide bonds. The summed E-state index contributed by atoms with van der Waals surface area (Å²) in [4.78, 5) is 20.7. The standard InChI is InChI=1S/C18H34O5/c19-16(13-9-6-7-11-15-18(22)23)12-8-4-2-1-3-5-10-14-17(20)21/h16,19H,1-15H2,(H,20,21)(H,22,23).